The van der Waals surface area contributed by atoms with Crippen molar-refractivity contribution < 1.29 is 4.79 Å². The Labute approximate surface area is 198 Å². The van der Waals surface area contributed by atoms with Crippen LogP contribution >= 0.6 is 11.6 Å². The Hall–Kier alpha value is -3.48. The van der Waals surface area contributed by atoms with E-state index in [2.05, 4.69) is 27.7 Å². The molecule has 0 aliphatic carbocycles. The summed E-state index contributed by atoms with van der Waals surface area (Å²) >= 11 is 6.14. The van der Waals surface area contributed by atoms with E-state index >= 15 is 0 Å². The van der Waals surface area contributed by atoms with E-state index in [1.165, 1.54) is 18.4 Å². The third-order valence-corrected chi connectivity index (χ3v) is 6.41. The summed E-state index contributed by atoms with van der Waals surface area (Å²) < 4.78 is 0. The number of nitrogen functional groups attached to an aromatic ring is 2. The fourth-order valence-electron chi connectivity index (χ4n) is 4.44. The molecule has 0 radical (unpaired) electrons. The molecule has 1 amide bonds. The number of hydrogen-bond acceptors (Lipinski definition) is 5. The number of benzene rings is 3. The van der Waals surface area contributed by atoms with Crippen LogP contribution in [0.2, 0.25) is 5.02 Å². The number of halogens is 1. The van der Waals surface area contributed by atoms with Crippen LogP contribution in [-0.2, 0) is 11.3 Å². The molecule has 0 saturated carbocycles. The highest BCUT2D eigenvalue weighted by molar-refractivity contribution is 6.38. The second-order valence-corrected chi connectivity index (χ2v) is 8.98. The first-order valence-corrected chi connectivity index (χ1v) is 11.4. The number of carbonyl (C=O) groups excluding carboxylic acids is 1. The molecule has 3 aromatic carbocycles. The standard InChI is InChI=1S/C26H26ClN5O/c27-18-6-9-20-23(14-18)31-26(33)24(20)25(17-5-10-21(28)22(29)13-17)30-19-7-3-16(4-8-19)15-32-11-1-2-12-32/h3-10,13-14,30H,1-2,11-12,15,28-29H2,(H,31,33)/b25-24+. The van der Waals surface area contributed by atoms with Crippen molar-refractivity contribution in [3.63, 3.8) is 0 Å². The van der Waals surface area contributed by atoms with E-state index in [-0.39, 0.29) is 5.91 Å². The fourth-order valence-corrected chi connectivity index (χ4v) is 4.61. The summed E-state index contributed by atoms with van der Waals surface area (Å²) in [6, 6.07) is 19.1. The topological polar surface area (TPSA) is 96.4 Å². The second-order valence-electron chi connectivity index (χ2n) is 8.54. The zero-order valence-corrected chi connectivity index (χ0v) is 19.0. The van der Waals surface area contributed by atoms with Crippen LogP contribution in [0.4, 0.5) is 22.7 Å². The van der Waals surface area contributed by atoms with E-state index in [0.29, 0.717) is 33.4 Å². The Kier molecular flexibility index (Phi) is 5.70. The Morgan fingerprint density at radius 3 is 2.45 bits per heavy atom. The Balaban J connectivity index is 1.53. The van der Waals surface area contributed by atoms with Crippen molar-refractivity contribution in [1.29, 1.82) is 0 Å². The minimum Gasteiger partial charge on any atom is -0.397 e. The molecule has 6 N–H and O–H groups in total. The molecular weight excluding hydrogens is 434 g/mol. The van der Waals surface area contributed by atoms with E-state index < -0.39 is 0 Å². The zero-order chi connectivity index (χ0) is 22.9. The average Bonchev–Trinajstić information content (AvgIpc) is 3.42. The number of nitrogens with two attached hydrogens (primary N) is 2. The number of anilines is 4. The number of hydrogen-bond donors (Lipinski definition) is 4. The first-order chi connectivity index (χ1) is 16.0. The molecule has 1 saturated heterocycles. The maximum absolute atomic E-state index is 13.0. The van der Waals surface area contributed by atoms with Crippen molar-refractivity contribution in [2.75, 3.05) is 35.2 Å². The van der Waals surface area contributed by atoms with Gasteiger partial charge in [0.15, 0.2) is 0 Å². The molecule has 33 heavy (non-hydrogen) atoms. The Bertz CT molecular complexity index is 1250. The first-order valence-electron chi connectivity index (χ1n) is 11.1. The molecule has 0 atom stereocenters. The number of amides is 1. The summed E-state index contributed by atoms with van der Waals surface area (Å²) in [5.74, 6) is -0.198. The predicted molar refractivity (Wildman–Crippen MR) is 137 cm³/mol. The van der Waals surface area contributed by atoms with Gasteiger partial charge < -0.3 is 22.1 Å². The predicted octanol–water partition coefficient (Wildman–Crippen LogP) is 5.03. The highest BCUT2D eigenvalue weighted by atomic mass is 35.5. The third-order valence-electron chi connectivity index (χ3n) is 6.18. The number of rotatable bonds is 5. The smallest absolute Gasteiger partial charge is 0.258 e. The van der Waals surface area contributed by atoms with Crippen molar-refractivity contribution in [3.8, 4) is 0 Å². The van der Waals surface area contributed by atoms with Crippen molar-refractivity contribution in [3.05, 3.63) is 82.4 Å². The number of carbonyl (C=O) groups is 1. The maximum atomic E-state index is 13.0. The maximum Gasteiger partial charge on any atom is 0.258 e. The van der Waals surface area contributed by atoms with Gasteiger partial charge in [-0.15, -0.1) is 0 Å². The monoisotopic (exact) mass is 459 g/mol. The molecule has 5 rings (SSSR count). The van der Waals surface area contributed by atoms with Crippen molar-refractivity contribution in [1.82, 2.24) is 4.90 Å². The number of likely N-dealkylation sites (tertiary alicyclic amines) is 1. The zero-order valence-electron chi connectivity index (χ0n) is 18.2. The molecule has 7 heteroatoms. The Morgan fingerprint density at radius 1 is 0.970 bits per heavy atom. The van der Waals surface area contributed by atoms with E-state index in [1.54, 1.807) is 24.3 Å². The third kappa shape index (κ3) is 4.40. The molecule has 0 unspecified atom stereocenters. The SMILES string of the molecule is Nc1ccc(/C(Nc2ccc(CN3CCCC3)cc2)=C2\C(=O)Nc3cc(Cl)ccc32)cc1N. The molecule has 2 aliphatic rings. The molecule has 2 aliphatic heterocycles. The van der Waals surface area contributed by atoms with Gasteiger partial charge in [-0.3, -0.25) is 9.69 Å². The highest BCUT2D eigenvalue weighted by Gasteiger charge is 2.29. The first kappa shape index (κ1) is 21.4. The number of nitrogens with one attached hydrogen (secondary N) is 2. The van der Waals surface area contributed by atoms with Crippen LogP contribution in [0.25, 0.3) is 11.3 Å². The van der Waals surface area contributed by atoms with Crippen LogP contribution in [0.1, 0.15) is 29.5 Å². The van der Waals surface area contributed by atoms with Crippen molar-refractivity contribution in [2.45, 2.75) is 19.4 Å². The molecule has 6 nitrogen and oxygen atoms in total. The van der Waals surface area contributed by atoms with Gasteiger partial charge in [0.2, 0.25) is 0 Å². The van der Waals surface area contributed by atoms with Gasteiger partial charge in [0, 0.05) is 28.4 Å². The lowest BCUT2D eigenvalue weighted by Gasteiger charge is -2.17. The second kappa shape index (κ2) is 8.81. The normalized spacial score (nSPS) is 17.1. The molecule has 2 heterocycles. The quantitative estimate of drug-likeness (QED) is 0.317. The minimum absolute atomic E-state index is 0.198. The minimum atomic E-state index is -0.198. The largest absolute Gasteiger partial charge is 0.397 e. The molecule has 0 aromatic heterocycles. The summed E-state index contributed by atoms with van der Waals surface area (Å²) in [6.45, 7) is 3.28. The van der Waals surface area contributed by atoms with E-state index in [9.17, 15) is 4.79 Å². The van der Waals surface area contributed by atoms with Gasteiger partial charge in [-0.2, -0.15) is 0 Å². The van der Waals surface area contributed by atoms with Crippen LogP contribution in [0, 0.1) is 0 Å². The van der Waals surface area contributed by atoms with Crippen LogP contribution in [0.15, 0.2) is 60.7 Å². The van der Waals surface area contributed by atoms with Gasteiger partial charge in [-0.1, -0.05) is 35.9 Å². The highest BCUT2D eigenvalue weighted by Crippen LogP contribution is 2.39. The van der Waals surface area contributed by atoms with Crippen LogP contribution in [-0.4, -0.2) is 23.9 Å². The van der Waals surface area contributed by atoms with E-state index in [0.717, 1.165) is 36.4 Å². The van der Waals surface area contributed by atoms with E-state index in [1.807, 2.05) is 24.3 Å². The van der Waals surface area contributed by atoms with Gasteiger partial charge in [-0.05, 0) is 67.9 Å². The van der Waals surface area contributed by atoms with Crippen LogP contribution < -0.4 is 22.1 Å². The molecule has 0 spiro atoms. The van der Waals surface area contributed by atoms with Crippen LogP contribution in [0.5, 0.6) is 0 Å². The van der Waals surface area contributed by atoms with Gasteiger partial charge in [0.1, 0.15) is 0 Å². The van der Waals surface area contributed by atoms with Gasteiger partial charge in [0.25, 0.3) is 5.91 Å². The fraction of sp³-hybridized carbons (Fsp3) is 0.192. The summed E-state index contributed by atoms with van der Waals surface area (Å²) in [6.07, 6.45) is 2.55. The van der Waals surface area contributed by atoms with Gasteiger partial charge >= 0.3 is 0 Å². The average molecular weight is 460 g/mol. The summed E-state index contributed by atoms with van der Waals surface area (Å²) in [4.78, 5) is 15.5. The Morgan fingerprint density at radius 2 is 1.73 bits per heavy atom. The van der Waals surface area contributed by atoms with Gasteiger partial charge in [-0.25, -0.2) is 0 Å². The molecular formula is C26H26ClN5O. The summed E-state index contributed by atoms with van der Waals surface area (Å²) in [5, 5.41) is 6.95. The van der Waals surface area contributed by atoms with Crippen molar-refractivity contribution in [2.24, 2.45) is 0 Å². The van der Waals surface area contributed by atoms with Crippen molar-refractivity contribution >= 4 is 51.5 Å². The van der Waals surface area contributed by atoms with Gasteiger partial charge in [0.05, 0.1) is 28.3 Å². The lowest BCUT2D eigenvalue weighted by Crippen LogP contribution is -2.18. The van der Waals surface area contributed by atoms with Crippen LogP contribution in [0.3, 0.4) is 0 Å². The lowest BCUT2D eigenvalue weighted by atomic mass is 9.99. The molecule has 168 valence electrons. The van der Waals surface area contributed by atoms with E-state index in [4.69, 9.17) is 23.1 Å². The summed E-state index contributed by atoms with van der Waals surface area (Å²) in [5.41, 5.74) is 18.6. The molecule has 1 fully saturated rings. The molecule has 0 bridgehead atoms. The summed E-state index contributed by atoms with van der Waals surface area (Å²) in [7, 11) is 0. The lowest BCUT2D eigenvalue weighted by molar-refractivity contribution is -0.110. The molecule has 3 aromatic rings. The number of nitrogens with zero attached hydrogens (tertiary/aromatic N) is 1. The number of fused-ring (bicyclic) bond motifs is 1.